The Labute approximate surface area is 208 Å². The number of ether oxygens (including phenoxy) is 1. The Kier molecular flexibility index (Phi) is 6.62. The number of nitrogens with zero attached hydrogens (tertiary/aromatic N) is 2. The minimum atomic E-state index is -0.523. The van der Waals surface area contributed by atoms with Crippen molar-refractivity contribution in [3.05, 3.63) is 94.8 Å². The molecule has 0 radical (unpaired) electrons. The van der Waals surface area contributed by atoms with Crippen LogP contribution in [0.3, 0.4) is 0 Å². The summed E-state index contributed by atoms with van der Waals surface area (Å²) in [6.45, 7) is 2.52. The first-order chi connectivity index (χ1) is 17.0. The monoisotopic (exact) mass is 466 g/mol. The standard InChI is InChI=1S/C31H34N2O2/c1-2-15-30(34)16-17-31(19-23-7-4-3-5-8-23)25(20-30)12-11-24-18-28(13-14-29(24)31)35-22-27-10-6-9-26(21-32)33-27/h3-10,13-14,18,25,34H,2,11-12,15-17,19-20,22H2,1H3/t25-,30-,31+/m1/s1. The highest BCUT2D eigenvalue weighted by Crippen LogP contribution is 2.55. The Morgan fingerprint density at radius 3 is 2.74 bits per heavy atom. The molecule has 1 heterocycles. The summed E-state index contributed by atoms with van der Waals surface area (Å²) in [6, 6.07) is 24.9. The van der Waals surface area contributed by atoms with Gasteiger partial charge in [-0.1, -0.05) is 55.8 Å². The molecule has 0 aliphatic heterocycles. The van der Waals surface area contributed by atoms with Crippen LogP contribution in [0.15, 0.2) is 66.7 Å². The molecule has 2 aliphatic carbocycles. The number of aromatic nitrogens is 1. The van der Waals surface area contributed by atoms with E-state index >= 15 is 0 Å². The molecule has 2 aliphatic rings. The van der Waals surface area contributed by atoms with Gasteiger partial charge in [0.15, 0.2) is 0 Å². The normalized spacial score (nSPS) is 25.2. The van der Waals surface area contributed by atoms with E-state index in [9.17, 15) is 5.11 Å². The summed E-state index contributed by atoms with van der Waals surface area (Å²) in [5.41, 5.74) is 4.87. The molecule has 0 spiro atoms. The van der Waals surface area contributed by atoms with Gasteiger partial charge in [0.25, 0.3) is 0 Å². The van der Waals surface area contributed by atoms with Gasteiger partial charge in [0, 0.05) is 5.41 Å². The van der Waals surface area contributed by atoms with Crippen LogP contribution in [0, 0.1) is 17.2 Å². The molecule has 0 unspecified atom stereocenters. The van der Waals surface area contributed by atoms with Gasteiger partial charge < -0.3 is 9.84 Å². The topological polar surface area (TPSA) is 66.1 Å². The van der Waals surface area contributed by atoms with Crippen molar-refractivity contribution in [2.24, 2.45) is 5.92 Å². The highest BCUT2D eigenvalue weighted by molar-refractivity contribution is 5.45. The molecule has 0 bridgehead atoms. The van der Waals surface area contributed by atoms with Crippen LogP contribution in [0.4, 0.5) is 0 Å². The molecular formula is C31H34N2O2. The fourth-order valence-electron chi connectivity index (χ4n) is 6.59. The van der Waals surface area contributed by atoms with Crippen molar-refractivity contribution in [1.82, 2.24) is 4.98 Å². The van der Waals surface area contributed by atoms with Gasteiger partial charge in [-0.15, -0.1) is 0 Å². The number of pyridine rings is 1. The van der Waals surface area contributed by atoms with Crippen LogP contribution >= 0.6 is 0 Å². The molecule has 4 heteroatoms. The number of benzene rings is 2. The number of nitriles is 1. The predicted molar refractivity (Wildman–Crippen MR) is 137 cm³/mol. The lowest BCUT2D eigenvalue weighted by molar-refractivity contribution is -0.0565. The number of fused-ring (bicyclic) bond motifs is 3. The minimum Gasteiger partial charge on any atom is -0.487 e. The number of hydrogen-bond donors (Lipinski definition) is 1. The lowest BCUT2D eigenvalue weighted by Crippen LogP contribution is -2.51. The van der Waals surface area contributed by atoms with Crippen LogP contribution in [0.25, 0.3) is 0 Å². The Bertz CT molecular complexity index is 1220. The van der Waals surface area contributed by atoms with E-state index in [0.717, 1.165) is 62.8 Å². The summed E-state index contributed by atoms with van der Waals surface area (Å²) in [4.78, 5) is 4.32. The fourth-order valence-corrected chi connectivity index (χ4v) is 6.59. The van der Waals surface area contributed by atoms with Crippen molar-refractivity contribution in [3.63, 3.8) is 0 Å². The summed E-state index contributed by atoms with van der Waals surface area (Å²) in [6.07, 6.45) is 7.82. The zero-order valence-electron chi connectivity index (χ0n) is 20.5. The van der Waals surface area contributed by atoms with E-state index in [0.29, 0.717) is 18.2 Å². The van der Waals surface area contributed by atoms with E-state index in [1.54, 1.807) is 6.07 Å². The van der Waals surface area contributed by atoms with Crippen molar-refractivity contribution in [3.8, 4) is 11.8 Å². The number of aliphatic hydroxyl groups is 1. The molecule has 3 aromatic rings. The Balaban J connectivity index is 1.43. The Morgan fingerprint density at radius 1 is 1.09 bits per heavy atom. The largest absolute Gasteiger partial charge is 0.487 e. The van der Waals surface area contributed by atoms with Gasteiger partial charge in [0.05, 0.1) is 11.3 Å². The lowest BCUT2D eigenvalue weighted by Gasteiger charge is -2.53. The highest BCUT2D eigenvalue weighted by Gasteiger charge is 2.51. The summed E-state index contributed by atoms with van der Waals surface area (Å²) in [5, 5.41) is 20.4. The second-order valence-electron chi connectivity index (χ2n) is 10.5. The molecule has 0 amide bonds. The molecule has 35 heavy (non-hydrogen) atoms. The average molecular weight is 467 g/mol. The molecule has 4 nitrogen and oxygen atoms in total. The number of aryl methyl sites for hydroxylation is 1. The Hall–Kier alpha value is -3.16. The maximum atomic E-state index is 11.4. The SMILES string of the molecule is CCC[C@@]1(O)CC[C@@]2(Cc3ccccc3)c3ccc(OCc4cccc(C#N)n4)cc3CC[C@@H]2C1. The maximum absolute atomic E-state index is 11.4. The summed E-state index contributed by atoms with van der Waals surface area (Å²) < 4.78 is 6.10. The van der Waals surface area contributed by atoms with Crippen molar-refractivity contribution in [2.75, 3.05) is 0 Å². The van der Waals surface area contributed by atoms with E-state index < -0.39 is 5.60 Å². The molecular weight excluding hydrogens is 432 g/mol. The molecule has 5 rings (SSSR count). The first-order valence-corrected chi connectivity index (χ1v) is 12.9. The van der Waals surface area contributed by atoms with E-state index in [2.05, 4.69) is 66.5 Å². The predicted octanol–water partition coefficient (Wildman–Crippen LogP) is 6.29. The quantitative estimate of drug-likeness (QED) is 0.444. The first-order valence-electron chi connectivity index (χ1n) is 12.9. The third kappa shape index (κ3) is 4.83. The average Bonchev–Trinajstić information content (AvgIpc) is 2.88. The molecule has 0 saturated heterocycles. The van der Waals surface area contributed by atoms with Gasteiger partial charge in [0.2, 0.25) is 0 Å². The van der Waals surface area contributed by atoms with Crippen molar-refractivity contribution < 1.29 is 9.84 Å². The van der Waals surface area contributed by atoms with Gasteiger partial charge in [0.1, 0.15) is 24.1 Å². The number of hydrogen-bond acceptors (Lipinski definition) is 4. The fraction of sp³-hybridized carbons (Fsp3) is 0.419. The third-order valence-electron chi connectivity index (χ3n) is 8.21. The molecule has 1 saturated carbocycles. The van der Waals surface area contributed by atoms with E-state index in [4.69, 9.17) is 10.00 Å². The smallest absolute Gasteiger partial charge is 0.140 e. The maximum Gasteiger partial charge on any atom is 0.140 e. The number of rotatable bonds is 7. The van der Waals surface area contributed by atoms with Crippen LogP contribution in [-0.2, 0) is 24.9 Å². The third-order valence-corrected chi connectivity index (χ3v) is 8.21. The summed E-state index contributed by atoms with van der Waals surface area (Å²) >= 11 is 0. The van der Waals surface area contributed by atoms with Gasteiger partial charge in [-0.25, -0.2) is 4.98 Å². The molecule has 3 atom stereocenters. The second-order valence-corrected chi connectivity index (χ2v) is 10.5. The van der Waals surface area contributed by atoms with E-state index in [1.165, 1.54) is 16.7 Å². The first kappa shape index (κ1) is 23.6. The van der Waals surface area contributed by atoms with Crippen molar-refractivity contribution in [1.29, 1.82) is 5.26 Å². The van der Waals surface area contributed by atoms with Gasteiger partial charge in [-0.3, -0.25) is 0 Å². The van der Waals surface area contributed by atoms with Gasteiger partial charge in [-0.05, 0) is 91.8 Å². The summed E-state index contributed by atoms with van der Waals surface area (Å²) in [7, 11) is 0. The van der Waals surface area contributed by atoms with Gasteiger partial charge >= 0.3 is 0 Å². The van der Waals surface area contributed by atoms with Crippen LogP contribution in [0.1, 0.15) is 73.5 Å². The molecule has 2 aromatic carbocycles. The zero-order chi connectivity index (χ0) is 24.3. The van der Waals surface area contributed by atoms with Crippen LogP contribution in [0.5, 0.6) is 5.75 Å². The highest BCUT2D eigenvalue weighted by atomic mass is 16.5. The molecule has 1 fully saturated rings. The molecule has 1 N–H and O–H groups in total. The lowest BCUT2D eigenvalue weighted by atomic mass is 9.52. The Morgan fingerprint density at radius 2 is 1.94 bits per heavy atom. The zero-order valence-corrected chi connectivity index (χ0v) is 20.5. The van der Waals surface area contributed by atoms with E-state index in [-0.39, 0.29) is 5.41 Å². The van der Waals surface area contributed by atoms with Gasteiger partial charge in [-0.2, -0.15) is 5.26 Å². The second kappa shape index (κ2) is 9.84. The van der Waals surface area contributed by atoms with E-state index in [1.807, 2.05) is 12.1 Å². The minimum absolute atomic E-state index is 0.0517. The molecule has 180 valence electrons. The van der Waals surface area contributed by atoms with Crippen LogP contribution < -0.4 is 4.74 Å². The van der Waals surface area contributed by atoms with Crippen molar-refractivity contribution >= 4 is 0 Å². The van der Waals surface area contributed by atoms with Crippen LogP contribution in [0.2, 0.25) is 0 Å². The summed E-state index contributed by atoms with van der Waals surface area (Å²) in [5.74, 6) is 1.32. The molecule has 1 aromatic heterocycles. The van der Waals surface area contributed by atoms with Crippen LogP contribution in [-0.4, -0.2) is 15.7 Å². The van der Waals surface area contributed by atoms with Crippen molar-refractivity contribution in [2.45, 2.75) is 75.9 Å².